The van der Waals surface area contributed by atoms with Crippen molar-refractivity contribution >= 4 is 23.8 Å². The summed E-state index contributed by atoms with van der Waals surface area (Å²) in [5.74, 6) is 1.69. The highest BCUT2D eigenvalue weighted by atomic mass is 32.2. The van der Waals surface area contributed by atoms with Gasteiger partial charge >= 0.3 is 12.0 Å². The first kappa shape index (κ1) is 18.4. The summed E-state index contributed by atoms with van der Waals surface area (Å²) in [7, 11) is 0. The molecule has 0 aliphatic carbocycles. The van der Waals surface area contributed by atoms with Gasteiger partial charge in [0.05, 0.1) is 18.2 Å². The Morgan fingerprint density at radius 2 is 2.00 bits per heavy atom. The summed E-state index contributed by atoms with van der Waals surface area (Å²) in [6, 6.07) is 8.69. The molecule has 0 bridgehead atoms. The molecule has 2 amide bonds. The molecule has 1 unspecified atom stereocenters. The molecular formula is C18H24N2O3S. The molecule has 2 N–H and O–H groups in total. The molecule has 6 heteroatoms. The normalized spacial score (nSPS) is 17.5. The Balaban J connectivity index is 2.35. The summed E-state index contributed by atoms with van der Waals surface area (Å²) in [5, 5.41) is 5.62. The topological polar surface area (TPSA) is 67.4 Å². The molecule has 1 aromatic carbocycles. The minimum atomic E-state index is -0.492. The molecule has 24 heavy (non-hydrogen) atoms. The number of amides is 2. The monoisotopic (exact) mass is 348 g/mol. The molecule has 1 atom stereocenters. The molecule has 1 aliphatic heterocycles. The van der Waals surface area contributed by atoms with Crippen molar-refractivity contribution in [2.24, 2.45) is 5.92 Å². The summed E-state index contributed by atoms with van der Waals surface area (Å²) in [4.78, 5) is 24.6. The molecule has 0 spiro atoms. The second-order valence-corrected chi connectivity index (χ2v) is 6.99. The first-order chi connectivity index (χ1) is 11.5. The van der Waals surface area contributed by atoms with Gasteiger partial charge in [0.15, 0.2) is 0 Å². The van der Waals surface area contributed by atoms with Gasteiger partial charge in [0.25, 0.3) is 0 Å². The molecule has 0 aromatic heterocycles. The Bertz CT molecular complexity index is 614. The maximum atomic E-state index is 12.5. The van der Waals surface area contributed by atoms with Gasteiger partial charge in [0.1, 0.15) is 0 Å². The summed E-state index contributed by atoms with van der Waals surface area (Å²) in [6.45, 7) is 6.35. The minimum Gasteiger partial charge on any atom is -0.463 e. The van der Waals surface area contributed by atoms with Crippen molar-refractivity contribution < 1.29 is 14.3 Å². The van der Waals surface area contributed by atoms with Gasteiger partial charge in [-0.15, -0.1) is 0 Å². The number of benzene rings is 1. The number of ether oxygens (including phenoxy) is 1. The maximum Gasteiger partial charge on any atom is 0.338 e. The Hall–Kier alpha value is -1.95. The molecule has 0 radical (unpaired) electrons. The average molecular weight is 348 g/mol. The molecule has 2 rings (SSSR count). The number of hydrogen-bond donors (Lipinski definition) is 2. The van der Waals surface area contributed by atoms with Gasteiger partial charge in [-0.1, -0.05) is 44.2 Å². The van der Waals surface area contributed by atoms with E-state index in [1.54, 1.807) is 18.7 Å². The fourth-order valence-electron chi connectivity index (χ4n) is 2.47. The van der Waals surface area contributed by atoms with Gasteiger partial charge < -0.3 is 15.4 Å². The van der Waals surface area contributed by atoms with Crippen molar-refractivity contribution in [1.82, 2.24) is 10.6 Å². The van der Waals surface area contributed by atoms with Gasteiger partial charge in [0, 0.05) is 11.4 Å². The van der Waals surface area contributed by atoms with Crippen molar-refractivity contribution in [2.75, 3.05) is 18.1 Å². The van der Waals surface area contributed by atoms with E-state index < -0.39 is 6.04 Å². The van der Waals surface area contributed by atoms with Crippen LogP contribution in [0.4, 0.5) is 4.79 Å². The van der Waals surface area contributed by atoms with E-state index in [1.807, 2.05) is 30.3 Å². The van der Waals surface area contributed by atoms with Crippen LogP contribution in [-0.2, 0) is 9.53 Å². The predicted octanol–water partition coefficient (Wildman–Crippen LogP) is 3.25. The second-order valence-electron chi connectivity index (χ2n) is 5.96. The van der Waals surface area contributed by atoms with E-state index in [4.69, 9.17) is 4.74 Å². The van der Waals surface area contributed by atoms with E-state index in [0.29, 0.717) is 29.5 Å². The third-order valence-electron chi connectivity index (χ3n) is 3.48. The highest BCUT2D eigenvalue weighted by Crippen LogP contribution is 2.29. The molecule has 1 aliphatic rings. The zero-order valence-electron chi connectivity index (χ0n) is 14.3. The molecule has 0 fully saturated rings. The number of esters is 1. The van der Waals surface area contributed by atoms with Crippen LogP contribution in [0, 0.1) is 5.92 Å². The average Bonchev–Trinajstić information content (AvgIpc) is 2.55. The second kappa shape index (κ2) is 8.78. The van der Waals surface area contributed by atoms with Gasteiger partial charge in [-0.3, -0.25) is 0 Å². The number of urea groups is 1. The van der Waals surface area contributed by atoms with Crippen molar-refractivity contribution in [2.45, 2.75) is 26.8 Å². The van der Waals surface area contributed by atoms with E-state index in [0.717, 1.165) is 11.3 Å². The van der Waals surface area contributed by atoms with E-state index in [9.17, 15) is 9.59 Å². The number of carbonyl (C=O) groups is 2. The lowest BCUT2D eigenvalue weighted by molar-refractivity contribution is -0.139. The van der Waals surface area contributed by atoms with Crippen LogP contribution in [0.5, 0.6) is 0 Å². The Morgan fingerprint density at radius 3 is 2.62 bits per heavy atom. The third-order valence-corrected chi connectivity index (χ3v) is 4.87. The van der Waals surface area contributed by atoms with Crippen molar-refractivity contribution in [3.05, 3.63) is 47.2 Å². The standard InChI is InChI=1S/C18H24N2O3S/c1-4-23-17(21)15-14(11-24-10-12(2)3)19-18(22)20-16(15)13-8-6-5-7-9-13/h5-9,12,16H,4,10-11H2,1-3H3,(H2,19,20,22). The van der Waals surface area contributed by atoms with E-state index in [2.05, 4.69) is 24.5 Å². The first-order valence-electron chi connectivity index (χ1n) is 8.13. The Kier molecular flexibility index (Phi) is 6.73. The largest absolute Gasteiger partial charge is 0.463 e. The van der Waals surface area contributed by atoms with E-state index >= 15 is 0 Å². The molecule has 5 nitrogen and oxygen atoms in total. The molecule has 0 saturated heterocycles. The zero-order chi connectivity index (χ0) is 17.5. The fraction of sp³-hybridized carbons (Fsp3) is 0.444. The van der Waals surface area contributed by atoms with E-state index in [1.165, 1.54) is 0 Å². The molecular weight excluding hydrogens is 324 g/mol. The Labute approximate surface area is 147 Å². The minimum absolute atomic E-state index is 0.294. The zero-order valence-corrected chi connectivity index (χ0v) is 15.1. The van der Waals surface area contributed by atoms with Crippen molar-refractivity contribution in [1.29, 1.82) is 0 Å². The summed E-state index contributed by atoms with van der Waals surface area (Å²) in [5.41, 5.74) is 1.98. The molecule has 0 saturated carbocycles. The van der Waals surface area contributed by atoms with Crippen LogP contribution in [-0.4, -0.2) is 30.1 Å². The van der Waals surface area contributed by atoms with Crippen LogP contribution in [0.3, 0.4) is 0 Å². The van der Waals surface area contributed by atoms with Crippen molar-refractivity contribution in [3.8, 4) is 0 Å². The van der Waals surface area contributed by atoms with Gasteiger partial charge in [-0.05, 0) is 24.2 Å². The molecule has 130 valence electrons. The number of rotatable bonds is 7. The summed E-state index contributed by atoms with van der Waals surface area (Å²) < 4.78 is 5.23. The van der Waals surface area contributed by atoms with Crippen LogP contribution in [0.15, 0.2) is 41.6 Å². The third kappa shape index (κ3) is 4.77. The molecule has 1 aromatic rings. The molecule has 1 heterocycles. The number of nitrogens with one attached hydrogen (secondary N) is 2. The lowest BCUT2D eigenvalue weighted by Crippen LogP contribution is -2.46. The van der Waals surface area contributed by atoms with Crippen LogP contribution in [0.2, 0.25) is 0 Å². The smallest absolute Gasteiger partial charge is 0.338 e. The van der Waals surface area contributed by atoms with Crippen LogP contribution >= 0.6 is 11.8 Å². The number of hydrogen-bond acceptors (Lipinski definition) is 4. The first-order valence-corrected chi connectivity index (χ1v) is 9.28. The SMILES string of the molecule is CCOC(=O)C1=C(CSCC(C)C)NC(=O)NC1c1ccccc1. The number of thioether (sulfide) groups is 1. The van der Waals surface area contributed by atoms with Gasteiger partial charge in [0.2, 0.25) is 0 Å². The summed E-state index contributed by atoms with van der Waals surface area (Å²) >= 11 is 1.70. The Morgan fingerprint density at radius 1 is 1.29 bits per heavy atom. The fourth-order valence-corrected chi connectivity index (χ4v) is 3.49. The van der Waals surface area contributed by atoms with Gasteiger partial charge in [-0.25, -0.2) is 9.59 Å². The van der Waals surface area contributed by atoms with Gasteiger partial charge in [-0.2, -0.15) is 11.8 Å². The van der Waals surface area contributed by atoms with Crippen LogP contribution < -0.4 is 10.6 Å². The maximum absolute atomic E-state index is 12.5. The number of carbonyl (C=O) groups excluding carboxylic acids is 2. The highest BCUT2D eigenvalue weighted by molar-refractivity contribution is 7.99. The van der Waals surface area contributed by atoms with Crippen molar-refractivity contribution in [3.63, 3.8) is 0 Å². The summed E-state index contributed by atoms with van der Waals surface area (Å²) in [6.07, 6.45) is 0. The highest BCUT2D eigenvalue weighted by Gasteiger charge is 2.33. The van der Waals surface area contributed by atoms with Crippen LogP contribution in [0.1, 0.15) is 32.4 Å². The predicted molar refractivity (Wildman–Crippen MR) is 96.7 cm³/mol. The lowest BCUT2D eigenvalue weighted by Gasteiger charge is -2.29. The quantitative estimate of drug-likeness (QED) is 0.742. The van der Waals surface area contributed by atoms with E-state index in [-0.39, 0.29) is 12.0 Å². The van der Waals surface area contributed by atoms with Crippen LogP contribution in [0.25, 0.3) is 0 Å². The lowest BCUT2D eigenvalue weighted by atomic mass is 9.95.